The van der Waals surface area contributed by atoms with Crippen molar-refractivity contribution in [2.45, 2.75) is 44.9 Å². The number of thiocarbonyl (C=S) groups is 1. The molecule has 22 heavy (non-hydrogen) atoms. The number of fused-ring (bicyclic) bond motifs is 1. The zero-order valence-electron chi connectivity index (χ0n) is 13.2. The second-order valence-corrected chi connectivity index (χ2v) is 8.28. The average Bonchev–Trinajstić information content (AvgIpc) is 2.74. The number of amides is 1. The lowest BCUT2D eigenvalue weighted by Gasteiger charge is -2.47. The largest absolute Gasteiger partial charge is 0.378 e. The van der Waals surface area contributed by atoms with E-state index in [4.69, 9.17) is 17.0 Å². The van der Waals surface area contributed by atoms with E-state index in [1.165, 1.54) is 25.7 Å². The summed E-state index contributed by atoms with van der Waals surface area (Å²) < 4.78 is 5.36. The summed E-state index contributed by atoms with van der Waals surface area (Å²) in [6.45, 7) is 2.99. The Kier molecular flexibility index (Phi) is 3.89. The smallest absolute Gasteiger partial charge is 0.232 e. The number of ether oxygens (including phenoxy) is 1. The molecule has 5 aliphatic rings. The van der Waals surface area contributed by atoms with Crippen molar-refractivity contribution in [3.8, 4) is 0 Å². The van der Waals surface area contributed by atoms with Crippen LogP contribution in [0.1, 0.15) is 44.9 Å². The Morgan fingerprint density at radius 1 is 1.05 bits per heavy atom. The molecular formula is C17H26N2O2S. The Morgan fingerprint density at radius 2 is 1.64 bits per heavy atom. The van der Waals surface area contributed by atoms with Crippen LogP contribution in [0.15, 0.2) is 0 Å². The molecule has 5 fully saturated rings. The van der Waals surface area contributed by atoms with E-state index in [0.717, 1.165) is 50.1 Å². The van der Waals surface area contributed by atoms with Crippen LogP contribution >= 0.6 is 12.2 Å². The third kappa shape index (κ3) is 2.67. The zero-order valence-corrected chi connectivity index (χ0v) is 14.0. The van der Waals surface area contributed by atoms with Crippen molar-refractivity contribution in [2.75, 3.05) is 26.3 Å². The van der Waals surface area contributed by atoms with E-state index in [0.29, 0.717) is 18.3 Å². The number of morpholine rings is 1. The summed E-state index contributed by atoms with van der Waals surface area (Å²) >= 11 is 5.48. The minimum absolute atomic E-state index is 0.122. The van der Waals surface area contributed by atoms with Gasteiger partial charge in [0.2, 0.25) is 5.91 Å². The van der Waals surface area contributed by atoms with Gasteiger partial charge in [-0.05, 0) is 62.1 Å². The first-order valence-electron chi connectivity index (χ1n) is 8.83. The summed E-state index contributed by atoms with van der Waals surface area (Å²) in [6.07, 6.45) is 8.68. The first kappa shape index (κ1) is 14.9. The zero-order chi connectivity index (χ0) is 15.2. The number of hydrogen-bond donors (Lipinski definition) is 1. The molecule has 1 heterocycles. The molecule has 2 atom stereocenters. The average molecular weight is 322 g/mol. The highest BCUT2D eigenvalue weighted by molar-refractivity contribution is 7.80. The molecule has 5 heteroatoms. The topological polar surface area (TPSA) is 41.6 Å². The van der Waals surface area contributed by atoms with Gasteiger partial charge in [0.1, 0.15) is 0 Å². The third-order valence-corrected chi connectivity index (χ3v) is 6.72. The molecule has 1 aliphatic heterocycles. The van der Waals surface area contributed by atoms with E-state index in [2.05, 4.69) is 10.2 Å². The van der Waals surface area contributed by atoms with Gasteiger partial charge < -0.3 is 15.0 Å². The summed E-state index contributed by atoms with van der Waals surface area (Å²) in [7, 11) is 0. The molecule has 4 nitrogen and oxygen atoms in total. The van der Waals surface area contributed by atoms with Gasteiger partial charge in [-0.1, -0.05) is 12.8 Å². The predicted octanol–water partition coefficient (Wildman–Crippen LogP) is 2.33. The van der Waals surface area contributed by atoms with Gasteiger partial charge in [0.25, 0.3) is 0 Å². The lowest BCUT2D eigenvalue weighted by molar-refractivity contribution is -0.137. The molecule has 0 unspecified atom stereocenters. The Labute approximate surface area is 137 Å². The third-order valence-electron chi connectivity index (χ3n) is 6.36. The molecular weight excluding hydrogens is 296 g/mol. The van der Waals surface area contributed by atoms with Gasteiger partial charge in [-0.3, -0.25) is 4.79 Å². The Balaban J connectivity index is 1.46. The summed E-state index contributed by atoms with van der Waals surface area (Å²) in [5.41, 5.74) is -0.122. The molecule has 1 amide bonds. The Bertz CT molecular complexity index is 459. The van der Waals surface area contributed by atoms with Crippen molar-refractivity contribution >= 4 is 23.2 Å². The van der Waals surface area contributed by atoms with Crippen molar-refractivity contribution in [2.24, 2.45) is 23.2 Å². The van der Waals surface area contributed by atoms with Crippen molar-refractivity contribution in [3.05, 3.63) is 0 Å². The van der Waals surface area contributed by atoms with Crippen LogP contribution in [0.25, 0.3) is 0 Å². The lowest BCUT2D eigenvalue weighted by Crippen LogP contribution is -2.54. The number of nitrogens with one attached hydrogen (secondary N) is 1. The maximum absolute atomic E-state index is 13.0. The number of rotatable bonds is 1. The molecule has 0 aromatic carbocycles. The Morgan fingerprint density at radius 3 is 2.27 bits per heavy atom. The van der Waals surface area contributed by atoms with Crippen LogP contribution in [0.3, 0.4) is 0 Å². The molecule has 4 aliphatic carbocycles. The van der Waals surface area contributed by atoms with Gasteiger partial charge in [-0.2, -0.15) is 0 Å². The molecule has 4 saturated carbocycles. The molecule has 122 valence electrons. The fourth-order valence-electron chi connectivity index (χ4n) is 5.54. The van der Waals surface area contributed by atoms with Gasteiger partial charge in [-0.15, -0.1) is 0 Å². The van der Waals surface area contributed by atoms with Crippen molar-refractivity contribution in [1.29, 1.82) is 0 Å². The fraction of sp³-hybridized carbons (Fsp3) is 0.882. The van der Waals surface area contributed by atoms with Gasteiger partial charge >= 0.3 is 0 Å². The number of hydrogen-bond acceptors (Lipinski definition) is 3. The first-order valence-corrected chi connectivity index (χ1v) is 9.23. The molecule has 0 aromatic rings. The van der Waals surface area contributed by atoms with Crippen LogP contribution in [-0.2, 0) is 9.53 Å². The van der Waals surface area contributed by atoms with Gasteiger partial charge in [0, 0.05) is 13.1 Å². The predicted molar refractivity (Wildman–Crippen MR) is 88.4 cm³/mol. The number of nitrogens with zero attached hydrogens (tertiary/aromatic N) is 1. The standard InChI is InChI=1S/C17H26N2O2S/c20-15(18-16(22)19-3-5-21-6-4-19)17-9-12-1-2-13(10-17)8-14(7-12)11-17/h12-14H,1-11H2,(H,18,20,22)/t12-,13-,14?,17?/m0/s1. The van der Waals surface area contributed by atoms with E-state index in [1.54, 1.807) is 0 Å². The highest BCUT2D eigenvalue weighted by Gasteiger charge is 2.52. The summed E-state index contributed by atoms with van der Waals surface area (Å²) in [5, 5.41) is 3.71. The maximum atomic E-state index is 13.0. The quantitative estimate of drug-likeness (QED) is 0.752. The monoisotopic (exact) mass is 322 g/mol. The van der Waals surface area contributed by atoms with Crippen LogP contribution in [0.4, 0.5) is 0 Å². The maximum Gasteiger partial charge on any atom is 0.232 e. The first-order chi connectivity index (χ1) is 10.6. The minimum Gasteiger partial charge on any atom is -0.378 e. The van der Waals surface area contributed by atoms with E-state index in [1.807, 2.05) is 0 Å². The highest BCUT2D eigenvalue weighted by Crippen LogP contribution is 2.57. The summed E-state index contributed by atoms with van der Waals surface area (Å²) in [4.78, 5) is 15.1. The van der Waals surface area contributed by atoms with Crippen LogP contribution in [-0.4, -0.2) is 42.2 Å². The normalized spacial score (nSPS) is 40.4. The molecule has 1 saturated heterocycles. The van der Waals surface area contributed by atoms with Crippen LogP contribution in [0.5, 0.6) is 0 Å². The van der Waals surface area contributed by atoms with Crippen LogP contribution in [0, 0.1) is 23.2 Å². The SMILES string of the molecule is O=C(NC(=S)N1CCOCC1)C12CC3C[C@H](CC[C@@H](C3)C1)C2. The van der Waals surface area contributed by atoms with Gasteiger partial charge in [0.15, 0.2) is 5.11 Å². The fourth-order valence-corrected chi connectivity index (χ4v) is 5.82. The summed E-state index contributed by atoms with van der Waals surface area (Å²) in [5.74, 6) is 2.54. The summed E-state index contributed by atoms with van der Waals surface area (Å²) in [6, 6.07) is 0. The van der Waals surface area contributed by atoms with E-state index >= 15 is 0 Å². The lowest BCUT2D eigenvalue weighted by atomic mass is 9.58. The Hall–Kier alpha value is -0.680. The number of carbonyl (C=O) groups excluding carboxylic acids is 1. The number of carbonyl (C=O) groups is 1. The van der Waals surface area contributed by atoms with Gasteiger partial charge in [0.05, 0.1) is 18.6 Å². The molecule has 0 radical (unpaired) electrons. The van der Waals surface area contributed by atoms with Gasteiger partial charge in [-0.25, -0.2) is 0 Å². The molecule has 4 bridgehead atoms. The van der Waals surface area contributed by atoms with E-state index < -0.39 is 0 Å². The van der Waals surface area contributed by atoms with Crippen LogP contribution in [0.2, 0.25) is 0 Å². The second kappa shape index (κ2) is 5.75. The second-order valence-electron chi connectivity index (χ2n) is 7.90. The van der Waals surface area contributed by atoms with E-state index in [9.17, 15) is 4.79 Å². The van der Waals surface area contributed by atoms with Crippen molar-refractivity contribution < 1.29 is 9.53 Å². The van der Waals surface area contributed by atoms with Crippen molar-refractivity contribution in [1.82, 2.24) is 10.2 Å². The molecule has 0 spiro atoms. The van der Waals surface area contributed by atoms with Crippen LogP contribution < -0.4 is 5.32 Å². The van der Waals surface area contributed by atoms with Crippen molar-refractivity contribution in [3.63, 3.8) is 0 Å². The molecule has 0 aromatic heterocycles. The molecule has 5 rings (SSSR count). The highest BCUT2D eigenvalue weighted by atomic mass is 32.1. The minimum atomic E-state index is -0.122. The van der Waals surface area contributed by atoms with E-state index in [-0.39, 0.29) is 11.3 Å². The molecule has 1 N–H and O–H groups in total.